The van der Waals surface area contributed by atoms with Gasteiger partial charge in [0.1, 0.15) is 5.78 Å². The maximum absolute atomic E-state index is 12.2. The van der Waals surface area contributed by atoms with Crippen LogP contribution in [0.1, 0.15) is 37.3 Å². The zero-order chi connectivity index (χ0) is 20.0. The number of primary amides is 1. The Bertz CT molecular complexity index is 768. The van der Waals surface area contributed by atoms with Crippen molar-refractivity contribution in [2.45, 2.75) is 32.6 Å². The molecule has 0 aromatic heterocycles. The quantitative estimate of drug-likeness (QED) is 0.686. The molecule has 27 heavy (non-hydrogen) atoms. The number of rotatable bonds is 8. The van der Waals surface area contributed by atoms with E-state index >= 15 is 0 Å². The number of methoxy groups -OCH3 is 2. The van der Waals surface area contributed by atoms with E-state index in [0.29, 0.717) is 24.5 Å². The van der Waals surface area contributed by atoms with Gasteiger partial charge in [0.15, 0.2) is 11.5 Å². The first-order valence-corrected chi connectivity index (χ1v) is 9.05. The number of Topliss-reactive ketones (excluding diaryl/α,β-unsaturated/α-hetero) is 1. The number of ketones is 1. The lowest BCUT2D eigenvalue weighted by atomic mass is 9.76. The van der Waals surface area contributed by atoms with Crippen LogP contribution in [-0.4, -0.2) is 32.6 Å². The number of carbonyl (C=O) groups is 2. The lowest BCUT2D eigenvalue weighted by molar-refractivity contribution is -0.119. The van der Waals surface area contributed by atoms with Gasteiger partial charge in [0.05, 0.1) is 14.2 Å². The van der Waals surface area contributed by atoms with Gasteiger partial charge in [-0.15, -0.1) is 0 Å². The van der Waals surface area contributed by atoms with E-state index in [-0.39, 0.29) is 11.7 Å². The largest absolute Gasteiger partial charge is 0.493 e. The van der Waals surface area contributed by atoms with Crippen LogP contribution >= 0.6 is 0 Å². The van der Waals surface area contributed by atoms with Crippen molar-refractivity contribution < 1.29 is 19.1 Å². The highest BCUT2D eigenvalue weighted by Gasteiger charge is 2.28. The van der Waals surface area contributed by atoms with E-state index in [0.717, 1.165) is 41.5 Å². The molecule has 1 aliphatic carbocycles. The Balaban J connectivity index is 2.32. The fourth-order valence-corrected chi connectivity index (χ4v) is 3.46. The number of nitrogens with one attached hydrogen (secondary N) is 1. The van der Waals surface area contributed by atoms with Crippen molar-refractivity contribution in [3.8, 4) is 11.5 Å². The van der Waals surface area contributed by atoms with E-state index < -0.39 is 6.03 Å². The number of ether oxygens (including phenoxy) is 2. The molecule has 0 bridgehead atoms. The first-order valence-electron chi connectivity index (χ1n) is 9.05. The van der Waals surface area contributed by atoms with E-state index in [9.17, 15) is 9.59 Å². The number of aryl methyl sites for hydroxylation is 1. The summed E-state index contributed by atoms with van der Waals surface area (Å²) in [6.07, 6.45) is 5.01. The summed E-state index contributed by atoms with van der Waals surface area (Å²) in [5.74, 6) is 1.32. The summed E-state index contributed by atoms with van der Waals surface area (Å²) in [6, 6.07) is 3.40. The summed E-state index contributed by atoms with van der Waals surface area (Å²) >= 11 is 0. The predicted molar refractivity (Wildman–Crippen MR) is 106 cm³/mol. The molecule has 1 unspecified atom stereocenters. The van der Waals surface area contributed by atoms with Gasteiger partial charge in [-0.25, -0.2) is 4.79 Å². The molecular formula is C21H28N2O4. The van der Waals surface area contributed by atoms with Crippen LogP contribution in [-0.2, 0) is 11.2 Å². The van der Waals surface area contributed by atoms with Crippen molar-refractivity contribution in [3.63, 3.8) is 0 Å². The standard InChI is InChI=1S/C21H28N2O4/c1-13(6-5-9-23-21(22)25)10-18-16(14(2)24)8-7-15-11-19(26-3)20(27-4)12-17(15)18/h10-12,16H,1,5-9H2,2-4H3,(H3,22,23,25)/b18-10+. The molecule has 1 atom stereocenters. The predicted octanol–water partition coefficient (Wildman–Crippen LogP) is 3.24. The van der Waals surface area contributed by atoms with Gasteiger partial charge < -0.3 is 20.5 Å². The van der Waals surface area contributed by atoms with Crippen molar-refractivity contribution in [3.05, 3.63) is 41.5 Å². The molecule has 2 rings (SSSR count). The zero-order valence-electron chi connectivity index (χ0n) is 16.3. The lowest BCUT2D eigenvalue weighted by Gasteiger charge is -2.28. The minimum absolute atomic E-state index is 0.143. The van der Waals surface area contributed by atoms with Crippen molar-refractivity contribution in [1.29, 1.82) is 0 Å². The van der Waals surface area contributed by atoms with Crippen LogP contribution in [0.15, 0.2) is 30.4 Å². The third-order valence-electron chi connectivity index (χ3n) is 4.82. The molecular weight excluding hydrogens is 344 g/mol. The summed E-state index contributed by atoms with van der Waals surface area (Å²) in [4.78, 5) is 23.0. The molecule has 1 aromatic rings. The van der Waals surface area contributed by atoms with Crippen molar-refractivity contribution in [2.75, 3.05) is 20.8 Å². The zero-order valence-corrected chi connectivity index (χ0v) is 16.3. The Labute approximate surface area is 160 Å². The highest BCUT2D eigenvalue weighted by Crippen LogP contribution is 2.42. The number of carbonyl (C=O) groups excluding carboxylic acids is 2. The Kier molecular flexibility index (Phi) is 7.05. The first kappa shape index (κ1) is 20.6. The Morgan fingerprint density at radius 3 is 2.56 bits per heavy atom. The molecule has 146 valence electrons. The molecule has 1 aliphatic rings. The maximum atomic E-state index is 12.2. The number of amides is 2. The molecule has 6 heteroatoms. The monoisotopic (exact) mass is 372 g/mol. The smallest absolute Gasteiger partial charge is 0.312 e. The van der Waals surface area contributed by atoms with Crippen LogP contribution in [0.3, 0.4) is 0 Å². The molecule has 0 saturated carbocycles. The summed E-state index contributed by atoms with van der Waals surface area (Å²) in [5, 5.41) is 2.57. The van der Waals surface area contributed by atoms with Gasteiger partial charge in [0.2, 0.25) is 0 Å². The van der Waals surface area contributed by atoms with Gasteiger partial charge >= 0.3 is 6.03 Å². The van der Waals surface area contributed by atoms with Crippen LogP contribution in [0.5, 0.6) is 11.5 Å². The van der Waals surface area contributed by atoms with E-state index in [1.807, 2.05) is 18.2 Å². The second kappa shape index (κ2) is 9.26. The molecule has 0 radical (unpaired) electrons. The minimum atomic E-state index is -0.530. The summed E-state index contributed by atoms with van der Waals surface area (Å²) in [6.45, 7) is 6.24. The van der Waals surface area contributed by atoms with Gasteiger partial charge in [0, 0.05) is 12.5 Å². The van der Waals surface area contributed by atoms with E-state index in [1.165, 1.54) is 0 Å². The normalized spacial score (nSPS) is 17.1. The second-order valence-corrected chi connectivity index (χ2v) is 6.72. The average Bonchev–Trinajstić information content (AvgIpc) is 2.63. The summed E-state index contributed by atoms with van der Waals surface area (Å²) < 4.78 is 10.8. The lowest BCUT2D eigenvalue weighted by Crippen LogP contribution is -2.30. The van der Waals surface area contributed by atoms with Crippen LogP contribution in [0, 0.1) is 5.92 Å². The molecule has 0 heterocycles. The topological polar surface area (TPSA) is 90.7 Å². The molecule has 0 saturated heterocycles. The number of hydrogen-bond acceptors (Lipinski definition) is 4. The fraction of sp³-hybridized carbons (Fsp3) is 0.429. The Morgan fingerprint density at radius 2 is 1.96 bits per heavy atom. The van der Waals surface area contributed by atoms with Gasteiger partial charge in [0.25, 0.3) is 0 Å². The number of fused-ring (bicyclic) bond motifs is 1. The summed E-state index contributed by atoms with van der Waals surface area (Å²) in [7, 11) is 3.22. The van der Waals surface area contributed by atoms with E-state index in [1.54, 1.807) is 21.1 Å². The number of allylic oxidation sites excluding steroid dienone is 3. The van der Waals surface area contributed by atoms with Gasteiger partial charge in [-0.05, 0) is 61.4 Å². The minimum Gasteiger partial charge on any atom is -0.493 e. The molecule has 1 aromatic carbocycles. The van der Waals surface area contributed by atoms with E-state index in [4.69, 9.17) is 15.2 Å². The van der Waals surface area contributed by atoms with Crippen molar-refractivity contribution >= 4 is 17.4 Å². The molecule has 6 nitrogen and oxygen atoms in total. The van der Waals surface area contributed by atoms with Crippen LogP contribution in [0.2, 0.25) is 0 Å². The molecule has 0 fully saturated rings. The maximum Gasteiger partial charge on any atom is 0.312 e. The first-order chi connectivity index (χ1) is 12.9. The van der Waals surface area contributed by atoms with Crippen molar-refractivity contribution in [2.24, 2.45) is 11.7 Å². The number of urea groups is 1. The summed E-state index contributed by atoms with van der Waals surface area (Å²) in [5.41, 5.74) is 9.10. The second-order valence-electron chi connectivity index (χ2n) is 6.72. The molecule has 0 spiro atoms. The van der Waals surface area contributed by atoms with Gasteiger partial charge in [-0.1, -0.05) is 18.2 Å². The number of hydrogen-bond donors (Lipinski definition) is 2. The molecule has 2 amide bonds. The van der Waals surface area contributed by atoms with Crippen LogP contribution < -0.4 is 20.5 Å². The van der Waals surface area contributed by atoms with Gasteiger partial charge in [-0.2, -0.15) is 0 Å². The van der Waals surface area contributed by atoms with Crippen LogP contribution in [0.25, 0.3) is 5.57 Å². The highest BCUT2D eigenvalue weighted by molar-refractivity contribution is 5.94. The van der Waals surface area contributed by atoms with E-state index in [2.05, 4.69) is 11.9 Å². The Hall–Kier alpha value is -2.76. The third-order valence-corrected chi connectivity index (χ3v) is 4.82. The number of nitrogens with two attached hydrogens (primary N) is 1. The SMILES string of the molecule is C=C(/C=C1/c2cc(OC)c(OC)cc2CCC1C(C)=O)CCCNC(N)=O. The average molecular weight is 372 g/mol. The van der Waals surface area contributed by atoms with Crippen LogP contribution in [0.4, 0.5) is 4.79 Å². The third kappa shape index (κ3) is 5.12. The molecule has 0 aliphatic heterocycles. The van der Waals surface area contributed by atoms with Crippen molar-refractivity contribution in [1.82, 2.24) is 5.32 Å². The molecule has 3 N–H and O–H groups in total. The number of benzene rings is 1. The van der Waals surface area contributed by atoms with Gasteiger partial charge in [-0.3, -0.25) is 4.79 Å². The highest BCUT2D eigenvalue weighted by atomic mass is 16.5. The fourth-order valence-electron chi connectivity index (χ4n) is 3.46. The Morgan fingerprint density at radius 1 is 1.30 bits per heavy atom.